The van der Waals surface area contributed by atoms with Crippen LogP contribution in [0.5, 0.6) is 0 Å². The van der Waals surface area contributed by atoms with E-state index in [0.29, 0.717) is 0 Å². The quantitative estimate of drug-likeness (QED) is 0.563. The van der Waals surface area contributed by atoms with E-state index in [-0.39, 0.29) is 0 Å². The maximum Gasteiger partial charge on any atom is 0.223 e. The van der Waals surface area contributed by atoms with Crippen molar-refractivity contribution in [2.45, 2.75) is 0 Å². The minimum Gasteiger partial charge on any atom is -0.368 e. The van der Waals surface area contributed by atoms with Gasteiger partial charge in [-0.15, -0.1) is 0 Å². The molecule has 0 radical (unpaired) electrons. The van der Waals surface area contributed by atoms with Crippen molar-refractivity contribution in [3.8, 4) is 0 Å². The number of piperazine rings is 1. The third-order valence-electron chi connectivity index (χ3n) is 4.62. The summed E-state index contributed by atoms with van der Waals surface area (Å²) >= 11 is 1.48. The second-order valence-electron chi connectivity index (χ2n) is 6.01. The van der Waals surface area contributed by atoms with Crippen molar-refractivity contribution >= 4 is 39.2 Å². The van der Waals surface area contributed by atoms with Gasteiger partial charge in [-0.3, -0.25) is 4.40 Å². The van der Waals surface area contributed by atoms with Crippen molar-refractivity contribution < 1.29 is 0 Å². The van der Waals surface area contributed by atoms with Crippen LogP contribution in [0.4, 0.5) is 11.6 Å². The standard InChI is InChI=1S/C18H17N5S/c1-2-6-14(7-3-1)21-10-12-22(13-11-21)17-20-24-18-19-15-8-4-5-9-16(15)23(17)18/h1-9H,10-13H2. The molecule has 0 spiro atoms. The summed E-state index contributed by atoms with van der Waals surface area (Å²) in [7, 11) is 0. The molecule has 1 aliphatic rings. The summed E-state index contributed by atoms with van der Waals surface area (Å²) in [5, 5.41) is 0. The highest BCUT2D eigenvalue weighted by Crippen LogP contribution is 2.27. The highest BCUT2D eigenvalue weighted by Gasteiger charge is 2.22. The molecule has 0 amide bonds. The van der Waals surface area contributed by atoms with Crippen LogP contribution in [0.25, 0.3) is 16.0 Å². The van der Waals surface area contributed by atoms with Gasteiger partial charge in [0, 0.05) is 43.4 Å². The number of aromatic nitrogens is 3. The van der Waals surface area contributed by atoms with Gasteiger partial charge in [0.15, 0.2) is 0 Å². The minimum atomic E-state index is 0.969. The summed E-state index contributed by atoms with van der Waals surface area (Å²) in [5.74, 6) is 1.02. The first kappa shape index (κ1) is 13.8. The van der Waals surface area contributed by atoms with Crippen LogP contribution in [0.15, 0.2) is 54.6 Å². The molecule has 0 N–H and O–H groups in total. The van der Waals surface area contributed by atoms with Crippen LogP contribution in [0.3, 0.4) is 0 Å². The Morgan fingerprint density at radius 3 is 2.33 bits per heavy atom. The van der Waals surface area contributed by atoms with E-state index in [2.05, 4.69) is 72.1 Å². The summed E-state index contributed by atoms with van der Waals surface area (Å²) in [6.45, 7) is 3.96. The van der Waals surface area contributed by atoms with Crippen LogP contribution < -0.4 is 9.80 Å². The smallest absolute Gasteiger partial charge is 0.223 e. The van der Waals surface area contributed by atoms with E-state index in [9.17, 15) is 0 Å². The van der Waals surface area contributed by atoms with Gasteiger partial charge in [0.1, 0.15) is 0 Å². The van der Waals surface area contributed by atoms with Crippen molar-refractivity contribution in [2.75, 3.05) is 36.0 Å². The van der Waals surface area contributed by atoms with Gasteiger partial charge in [0.05, 0.1) is 11.0 Å². The van der Waals surface area contributed by atoms with Crippen LogP contribution in [0.1, 0.15) is 0 Å². The molecule has 2 aromatic heterocycles. The highest BCUT2D eigenvalue weighted by atomic mass is 32.1. The predicted octanol–water partition coefficient (Wildman–Crippen LogP) is 3.27. The van der Waals surface area contributed by atoms with Crippen molar-refractivity contribution in [3.05, 3.63) is 54.6 Å². The second kappa shape index (κ2) is 5.49. The molecule has 24 heavy (non-hydrogen) atoms. The summed E-state index contributed by atoms with van der Waals surface area (Å²) in [6.07, 6.45) is 0. The van der Waals surface area contributed by atoms with Crippen molar-refractivity contribution in [3.63, 3.8) is 0 Å². The molecule has 0 saturated carbocycles. The Morgan fingerprint density at radius 1 is 0.792 bits per heavy atom. The number of anilines is 2. The van der Waals surface area contributed by atoms with Crippen molar-refractivity contribution in [2.24, 2.45) is 0 Å². The molecule has 2 aromatic carbocycles. The van der Waals surface area contributed by atoms with Gasteiger partial charge in [-0.1, -0.05) is 30.3 Å². The van der Waals surface area contributed by atoms with Gasteiger partial charge in [0.25, 0.3) is 0 Å². The maximum absolute atomic E-state index is 4.68. The average Bonchev–Trinajstić information content (AvgIpc) is 3.22. The summed E-state index contributed by atoms with van der Waals surface area (Å²) in [6, 6.07) is 18.9. The molecule has 0 atom stereocenters. The zero-order chi connectivity index (χ0) is 15.9. The van der Waals surface area contributed by atoms with Crippen LogP contribution in [0.2, 0.25) is 0 Å². The van der Waals surface area contributed by atoms with Gasteiger partial charge in [-0.25, -0.2) is 4.98 Å². The Labute approximate surface area is 143 Å². The fourth-order valence-corrected chi connectivity index (χ4v) is 4.14. The lowest BCUT2D eigenvalue weighted by molar-refractivity contribution is 0.641. The van der Waals surface area contributed by atoms with Gasteiger partial charge in [-0.05, 0) is 24.3 Å². The summed E-state index contributed by atoms with van der Waals surface area (Å²) in [4.78, 5) is 10.5. The van der Waals surface area contributed by atoms with Gasteiger partial charge in [0.2, 0.25) is 10.9 Å². The van der Waals surface area contributed by atoms with Crippen molar-refractivity contribution in [1.82, 2.24) is 13.8 Å². The van der Waals surface area contributed by atoms with E-state index in [0.717, 1.165) is 48.1 Å². The van der Waals surface area contributed by atoms with Gasteiger partial charge < -0.3 is 9.80 Å². The van der Waals surface area contributed by atoms with Crippen LogP contribution in [-0.4, -0.2) is 39.9 Å². The third kappa shape index (κ3) is 2.14. The number of nitrogens with zero attached hydrogens (tertiary/aromatic N) is 5. The van der Waals surface area contributed by atoms with Gasteiger partial charge in [-0.2, -0.15) is 4.37 Å². The van der Waals surface area contributed by atoms with Crippen LogP contribution >= 0.6 is 11.5 Å². The fourth-order valence-electron chi connectivity index (χ4n) is 3.38. The Balaban J connectivity index is 1.45. The van der Waals surface area contributed by atoms with E-state index in [4.69, 9.17) is 0 Å². The van der Waals surface area contributed by atoms with E-state index in [1.165, 1.54) is 17.2 Å². The monoisotopic (exact) mass is 335 g/mol. The number of hydrogen-bond donors (Lipinski definition) is 0. The first-order chi connectivity index (χ1) is 11.9. The Hall–Kier alpha value is -2.60. The normalized spacial score (nSPS) is 15.5. The molecule has 5 nitrogen and oxygen atoms in total. The van der Waals surface area contributed by atoms with E-state index in [1.807, 2.05) is 6.07 Å². The molecule has 0 unspecified atom stereocenters. The molecule has 120 valence electrons. The van der Waals surface area contributed by atoms with Crippen LogP contribution in [-0.2, 0) is 0 Å². The fraction of sp³-hybridized carbons (Fsp3) is 0.222. The number of benzene rings is 2. The Kier molecular flexibility index (Phi) is 3.16. The molecule has 6 heteroatoms. The number of imidazole rings is 1. The lowest BCUT2D eigenvalue weighted by atomic mass is 10.2. The first-order valence-electron chi connectivity index (χ1n) is 8.18. The largest absolute Gasteiger partial charge is 0.368 e. The number of fused-ring (bicyclic) bond motifs is 3. The lowest BCUT2D eigenvalue weighted by Crippen LogP contribution is -2.47. The zero-order valence-corrected chi connectivity index (χ0v) is 14.0. The van der Waals surface area contributed by atoms with E-state index in [1.54, 1.807) is 0 Å². The second-order valence-corrected chi connectivity index (χ2v) is 6.74. The van der Waals surface area contributed by atoms with E-state index < -0.39 is 0 Å². The first-order valence-corrected chi connectivity index (χ1v) is 8.95. The molecule has 4 aromatic rings. The Bertz CT molecular complexity index is 982. The van der Waals surface area contributed by atoms with Crippen LogP contribution in [0, 0.1) is 0 Å². The number of para-hydroxylation sites is 3. The summed E-state index contributed by atoms with van der Waals surface area (Å²) in [5.41, 5.74) is 3.48. The van der Waals surface area contributed by atoms with Crippen molar-refractivity contribution in [1.29, 1.82) is 0 Å². The number of hydrogen-bond acceptors (Lipinski definition) is 5. The molecule has 0 aliphatic carbocycles. The zero-order valence-electron chi connectivity index (χ0n) is 13.2. The molecule has 3 heterocycles. The number of rotatable bonds is 2. The molecular formula is C18H17N5S. The van der Waals surface area contributed by atoms with Gasteiger partial charge >= 0.3 is 0 Å². The molecule has 5 rings (SSSR count). The molecule has 1 fully saturated rings. The minimum absolute atomic E-state index is 0.969. The average molecular weight is 335 g/mol. The molecular weight excluding hydrogens is 318 g/mol. The predicted molar refractivity (Wildman–Crippen MR) is 99.2 cm³/mol. The van der Waals surface area contributed by atoms with E-state index >= 15 is 0 Å². The maximum atomic E-state index is 4.68. The SMILES string of the molecule is c1ccc(N2CCN(c3nsc4nc5ccccc5n34)CC2)cc1. The lowest BCUT2D eigenvalue weighted by Gasteiger charge is -2.36. The topological polar surface area (TPSA) is 36.7 Å². The third-order valence-corrected chi connectivity index (χ3v) is 5.31. The molecule has 1 aliphatic heterocycles. The highest BCUT2D eigenvalue weighted by molar-refractivity contribution is 7.11. The molecule has 0 bridgehead atoms. The molecule has 1 saturated heterocycles. The Morgan fingerprint density at radius 2 is 1.50 bits per heavy atom. The summed E-state index contributed by atoms with van der Waals surface area (Å²) < 4.78 is 6.87.